The molecule has 1 atom stereocenters. The molecule has 1 aromatic rings. The Kier molecular flexibility index (Phi) is 3.69. The molecule has 13 heavy (non-hydrogen) atoms. The molecule has 0 aromatic carbocycles. The third-order valence-corrected chi connectivity index (χ3v) is 2.25. The van der Waals surface area contributed by atoms with Crippen LogP contribution in [0.4, 0.5) is 0 Å². The van der Waals surface area contributed by atoms with Crippen LogP contribution >= 0.6 is 22.9 Å². The second-order valence-electron chi connectivity index (χ2n) is 2.84. The summed E-state index contributed by atoms with van der Waals surface area (Å²) in [4.78, 5) is 17.1. The van der Waals surface area contributed by atoms with Crippen LogP contribution in [0, 0.1) is 0 Å². The topological polar surface area (TPSA) is 33.2 Å². The zero-order valence-electron chi connectivity index (χ0n) is 7.53. The number of hydrogen-bond donors (Lipinski definition) is 0. The number of carbonyl (C=O) groups excluding carboxylic acids is 1. The lowest BCUT2D eigenvalue weighted by molar-refractivity contribution is 0.0791. The molecule has 5 heteroatoms. The lowest BCUT2D eigenvalue weighted by Gasteiger charge is -2.16. The molecule has 0 aliphatic heterocycles. The molecule has 0 fully saturated rings. The summed E-state index contributed by atoms with van der Waals surface area (Å²) >= 11 is 7.18. The molecule has 1 aromatic heterocycles. The summed E-state index contributed by atoms with van der Waals surface area (Å²) in [6.45, 7) is 2.39. The largest absolute Gasteiger partial charge is 0.339 e. The van der Waals surface area contributed by atoms with E-state index in [1.807, 2.05) is 6.92 Å². The minimum absolute atomic E-state index is 0.0346. The van der Waals surface area contributed by atoms with Crippen molar-refractivity contribution in [3.8, 4) is 0 Å². The van der Waals surface area contributed by atoms with Crippen LogP contribution in [0.1, 0.15) is 17.4 Å². The average Bonchev–Trinajstić information content (AvgIpc) is 2.53. The van der Waals surface area contributed by atoms with E-state index >= 15 is 0 Å². The molecule has 1 heterocycles. The molecule has 0 saturated carbocycles. The molecule has 0 bridgehead atoms. The quantitative estimate of drug-likeness (QED) is 0.726. The van der Waals surface area contributed by atoms with Crippen LogP contribution in [0.2, 0.25) is 0 Å². The zero-order chi connectivity index (χ0) is 9.84. The number of nitrogens with zero attached hydrogens (tertiary/aromatic N) is 2. The molecule has 0 saturated heterocycles. The van der Waals surface area contributed by atoms with Gasteiger partial charge in [-0.15, -0.1) is 22.9 Å². The highest BCUT2D eigenvalue weighted by Gasteiger charge is 2.14. The van der Waals surface area contributed by atoms with E-state index in [4.69, 9.17) is 11.6 Å². The maximum absolute atomic E-state index is 11.6. The lowest BCUT2D eigenvalue weighted by Crippen LogP contribution is -2.31. The molecule has 1 amide bonds. The van der Waals surface area contributed by atoms with Gasteiger partial charge in [-0.3, -0.25) is 4.79 Å². The van der Waals surface area contributed by atoms with Gasteiger partial charge in [0.1, 0.15) is 5.69 Å². The molecule has 0 N–H and O–H groups in total. The fourth-order valence-electron chi connectivity index (χ4n) is 0.974. The van der Waals surface area contributed by atoms with Crippen LogP contribution in [0.5, 0.6) is 0 Å². The van der Waals surface area contributed by atoms with Gasteiger partial charge in [-0.2, -0.15) is 0 Å². The van der Waals surface area contributed by atoms with Crippen molar-refractivity contribution in [3.63, 3.8) is 0 Å². The van der Waals surface area contributed by atoms with Crippen molar-refractivity contribution in [1.29, 1.82) is 0 Å². The average molecular weight is 219 g/mol. The standard InChI is InChI=1S/C8H11ClN2OS/c1-6(9)3-11(2)8(12)7-4-13-5-10-7/h4-6H,3H2,1-2H3. The van der Waals surface area contributed by atoms with Crippen LogP contribution in [0.3, 0.4) is 0 Å². The van der Waals surface area contributed by atoms with Crippen molar-refractivity contribution in [2.45, 2.75) is 12.3 Å². The van der Waals surface area contributed by atoms with E-state index in [9.17, 15) is 4.79 Å². The van der Waals surface area contributed by atoms with E-state index in [1.54, 1.807) is 22.8 Å². The van der Waals surface area contributed by atoms with Crippen molar-refractivity contribution in [2.75, 3.05) is 13.6 Å². The monoisotopic (exact) mass is 218 g/mol. The van der Waals surface area contributed by atoms with E-state index in [1.165, 1.54) is 11.3 Å². The van der Waals surface area contributed by atoms with Crippen molar-refractivity contribution in [2.24, 2.45) is 0 Å². The third kappa shape index (κ3) is 2.97. The first kappa shape index (κ1) is 10.5. The second-order valence-corrected chi connectivity index (χ2v) is 4.30. The van der Waals surface area contributed by atoms with Crippen molar-refractivity contribution in [1.82, 2.24) is 9.88 Å². The number of aromatic nitrogens is 1. The first-order chi connectivity index (χ1) is 6.11. The van der Waals surface area contributed by atoms with Crippen molar-refractivity contribution in [3.05, 3.63) is 16.6 Å². The molecule has 1 unspecified atom stereocenters. The van der Waals surface area contributed by atoms with Gasteiger partial charge in [-0.05, 0) is 6.92 Å². The molecule has 0 aliphatic rings. The molecular formula is C8H11ClN2OS. The Morgan fingerprint density at radius 1 is 1.85 bits per heavy atom. The van der Waals surface area contributed by atoms with Gasteiger partial charge in [-0.25, -0.2) is 4.98 Å². The predicted octanol–water partition coefficient (Wildman–Crippen LogP) is 1.84. The summed E-state index contributed by atoms with van der Waals surface area (Å²) in [7, 11) is 1.72. The number of carbonyl (C=O) groups is 1. The highest BCUT2D eigenvalue weighted by Crippen LogP contribution is 2.06. The van der Waals surface area contributed by atoms with Gasteiger partial charge in [-0.1, -0.05) is 0 Å². The van der Waals surface area contributed by atoms with Crippen LogP contribution < -0.4 is 0 Å². The number of thiazole rings is 1. The molecule has 0 radical (unpaired) electrons. The van der Waals surface area contributed by atoms with Gasteiger partial charge in [0, 0.05) is 24.3 Å². The number of halogens is 1. The Balaban J connectivity index is 2.58. The van der Waals surface area contributed by atoms with E-state index < -0.39 is 0 Å². The smallest absolute Gasteiger partial charge is 0.273 e. The van der Waals surface area contributed by atoms with Crippen LogP contribution in [0.25, 0.3) is 0 Å². The van der Waals surface area contributed by atoms with Crippen molar-refractivity contribution >= 4 is 28.8 Å². The normalized spacial score (nSPS) is 12.5. The maximum atomic E-state index is 11.6. The maximum Gasteiger partial charge on any atom is 0.273 e. The fraction of sp³-hybridized carbons (Fsp3) is 0.500. The minimum atomic E-state index is -0.0752. The van der Waals surface area contributed by atoms with Gasteiger partial charge in [0.2, 0.25) is 0 Å². The fourth-order valence-corrected chi connectivity index (χ4v) is 1.71. The van der Waals surface area contributed by atoms with E-state index in [0.717, 1.165) is 0 Å². The van der Waals surface area contributed by atoms with Gasteiger partial charge in [0.05, 0.1) is 5.51 Å². The predicted molar refractivity (Wildman–Crippen MR) is 54.4 cm³/mol. The van der Waals surface area contributed by atoms with E-state index in [0.29, 0.717) is 12.2 Å². The van der Waals surface area contributed by atoms with Crippen molar-refractivity contribution < 1.29 is 4.79 Å². The van der Waals surface area contributed by atoms with E-state index in [2.05, 4.69) is 4.98 Å². The van der Waals surface area contributed by atoms with Crippen LogP contribution in [0.15, 0.2) is 10.9 Å². The SMILES string of the molecule is CC(Cl)CN(C)C(=O)c1cscn1. The molecule has 72 valence electrons. The van der Waals surface area contributed by atoms with Crippen LogP contribution in [-0.4, -0.2) is 34.8 Å². The minimum Gasteiger partial charge on any atom is -0.339 e. The summed E-state index contributed by atoms with van der Waals surface area (Å²) in [5.74, 6) is -0.0752. The first-order valence-corrected chi connectivity index (χ1v) is 5.27. The molecule has 0 aliphatic carbocycles. The Morgan fingerprint density at radius 2 is 2.54 bits per heavy atom. The Morgan fingerprint density at radius 3 is 3.00 bits per heavy atom. The van der Waals surface area contributed by atoms with Gasteiger partial charge < -0.3 is 4.90 Å². The van der Waals surface area contributed by atoms with Gasteiger partial charge in [0.15, 0.2) is 0 Å². The second kappa shape index (κ2) is 4.58. The summed E-state index contributed by atoms with van der Waals surface area (Å²) in [6.07, 6.45) is 0. The number of hydrogen-bond acceptors (Lipinski definition) is 3. The van der Waals surface area contributed by atoms with Gasteiger partial charge >= 0.3 is 0 Å². The summed E-state index contributed by atoms with van der Waals surface area (Å²) in [5, 5.41) is 1.70. The molecular weight excluding hydrogens is 208 g/mol. The number of alkyl halides is 1. The summed E-state index contributed by atoms with van der Waals surface area (Å²) in [5.41, 5.74) is 2.13. The van der Waals surface area contributed by atoms with Crippen LogP contribution in [-0.2, 0) is 0 Å². The Bertz CT molecular complexity index is 274. The zero-order valence-corrected chi connectivity index (χ0v) is 9.10. The van der Waals surface area contributed by atoms with Gasteiger partial charge in [0.25, 0.3) is 5.91 Å². The summed E-state index contributed by atoms with van der Waals surface area (Å²) < 4.78 is 0. The van der Waals surface area contributed by atoms with E-state index in [-0.39, 0.29) is 11.3 Å². The molecule has 0 spiro atoms. The lowest BCUT2D eigenvalue weighted by atomic mass is 10.3. The number of rotatable bonds is 3. The first-order valence-electron chi connectivity index (χ1n) is 3.89. The Hall–Kier alpha value is -0.610. The highest BCUT2D eigenvalue weighted by atomic mass is 35.5. The molecule has 1 rings (SSSR count). The Labute approximate surface area is 86.3 Å². The third-order valence-electron chi connectivity index (χ3n) is 1.52. The number of amides is 1. The molecule has 3 nitrogen and oxygen atoms in total. The summed E-state index contributed by atoms with van der Waals surface area (Å²) in [6, 6.07) is 0. The highest BCUT2D eigenvalue weighted by molar-refractivity contribution is 7.07.